The highest BCUT2D eigenvalue weighted by Gasteiger charge is 2.38. The van der Waals surface area contributed by atoms with E-state index in [0.717, 1.165) is 23.4 Å². The molecule has 160 valence electrons. The molecule has 0 bridgehead atoms. The first-order chi connectivity index (χ1) is 14.7. The van der Waals surface area contributed by atoms with Crippen LogP contribution in [0, 0.1) is 0 Å². The monoisotopic (exact) mass is 417 g/mol. The average molecular weight is 418 g/mol. The fourth-order valence-electron chi connectivity index (χ4n) is 4.83. The Kier molecular flexibility index (Phi) is 5.17. The van der Waals surface area contributed by atoms with E-state index in [1.54, 1.807) is 36.4 Å². The lowest BCUT2D eigenvalue weighted by atomic mass is 9.79. The van der Waals surface area contributed by atoms with E-state index < -0.39 is 17.8 Å². The van der Waals surface area contributed by atoms with Gasteiger partial charge in [-0.05, 0) is 74.6 Å². The Morgan fingerprint density at radius 3 is 2.48 bits per heavy atom. The topological polar surface area (TPSA) is 69.7 Å². The summed E-state index contributed by atoms with van der Waals surface area (Å²) in [6.45, 7) is 9.77. The highest BCUT2D eigenvalue weighted by Crippen LogP contribution is 2.43. The van der Waals surface area contributed by atoms with E-state index in [-0.39, 0.29) is 11.1 Å². The van der Waals surface area contributed by atoms with Gasteiger partial charge in [0, 0.05) is 17.8 Å². The molecule has 2 aromatic carbocycles. The van der Waals surface area contributed by atoms with Crippen molar-refractivity contribution < 1.29 is 14.4 Å². The highest BCUT2D eigenvalue weighted by molar-refractivity contribution is 6.39. The molecular formula is C25H27N3O3. The van der Waals surface area contributed by atoms with Gasteiger partial charge in [-0.15, -0.1) is 0 Å². The van der Waals surface area contributed by atoms with E-state index in [9.17, 15) is 14.4 Å². The van der Waals surface area contributed by atoms with E-state index >= 15 is 0 Å². The minimum Gasteiger partial charge on any atom is -0.366 e. The van der Waals surface area contributed by atoms with Gasteiger partial charge in [0.25, 0.3) is 11.8 Å². The lowest BCUT2D eigenvalue weighted by molar-refractivity contribution is -0.122. The van der Waals surface area contributed by atoms with Gasteiger partial charge in [-0.2, -0.15) is 0 Å². The number of carbonyl (C=O) groups excluding carboxylic acids is 3. The van der Waals surface area contributed by atoms with E-state index in [1.807, 2.05) is 6.07 Å². The van der Waals surface area contributed by atoms with Crippen molar-refractivity contribution >= 4 is 35.3 Å². The summed E-state index contributed by atoms with van der Waals surface area (Å²) in [7, 11) is 0. The molecule has 6 heteroatoms. The zero-order valence-corrected chi connectivity index (χ0v) is 18.3. The number of nitrogens with zero attached hydrogens (tertiary/aromatic N) is 2. The summed E-state index contributed by atoms with van der Waals surface area (Å²) in [4.78, 5) is 41.2. The van der Waals surface area contributed by atoms with Crippen LogP contribution in [0.15, 0.2) is 54.1 Å². The number of barbiturate groups is 1. The van der Waals surface area contributed by atoms with E-state index in [2.05, 4.69) is 50.0 Å². The lowest BCUT2D eigenvalue weighted by Gasteiger charge is -2.47. The number of hydrogen-bond donors (Lipinski definition) is 1. The van der Waals surface area contributed by atoms with Crippen LogP contribution in [0.2, 0.25) is 0 Å². The zero-order chi connectivity index (χ0) is 22.3. The maximum atomic E-state index is 13.1. The first kappa shape index (κ1) is 20.8. The summed E-state index contributed by atoms with van der Waals surface area (Å²) in [6.07, 6.45) is 2.59. The summed E-state index contributed by atoms with van der Waals surface area (Å²) < 4.78 is 0. The van der Waals surface area contributed by atoms with Gasteiger partial charge in [-0.25, -0.2) is 9.69 Å². The second-order valence-corrected chi connectivity index (χ2v) is 8.77. The van der Waals surface area contributed by atoms with Crippen molar-refractivity contribution in [2.24, 2.45) is 0 Å². The molecule has 1 N–H and O–H groups in total. The molecule has 31 heavy (non-hydrogen) atoms. The Morgan fingerprint density at radius 1 is 1.10 bits per heavy atom. The molecule has 0 radical (unpaired) electrons. The lowest BCUT2D eigenvalue weighted by Crippen LogP contribution is -2.54. The number of carbonyl (C=O) groups is 3. The van der Waals surface area contributed by atoms with E-state index in [1.165, 1.54) is 11.3 Å². The quantitative estimate of drug-likeness (QED) is 0.591. The standard InChI is InChI=1S/C25H27N3O3/c1-5-27-21-12-11-17(13-19(21)16(2)15-25(27,3)4)14-20-22(29)26-24(31)28(23(20)30)18-9-7-6-8-10-18/h6-14,16H,5,15H2,1-4H3,(H,26,29,31)/b20-14+/t16-/m1/s1. The van der Waals surface area contributed by atoms with Crippen molar-refractivity contribution in [2.75, 3.05) is 16.3 Å². The van der Waals surface area contributed by atoms with Crippen LogP contribution < -0.4 is 15.1 Å². The Bertz CT molecular complexity index is 1090. The number of amides is 4. The summed E-state index contributed by atoms with van der Waals surface area (Å²) in [5.74, 6) is -0.948. The zero-order valence-electron chi connectivity index (χ0n) is 18.3. The Morgan fingerprint density at radius 2 is 1.81 bits per heavy atom. The largest absolute Gasteiger partial charge is 0.366 e. The molecule has 0 aliphatic carbocycles. The summed E-state index contributed by atoms with van der Waals surface area (Å²) in [5, 5.41) is 2.28. The van der Waals surface area contributed by atoms with Crippen molar-refractivity contribution in [2.45, 2.75) is 45.6 Å². The summed E-state index contributed by atoms with van der Waals surface area (Å²) in [6, 6.07) is 13.9. The van der Waals surface area contributed by atoms with E-state index in [0.29, 0.717) is 11.6 Å². The van der Waals surface area contributed by atoms with Crippen LogP contribution in [0.3, 0.4) is 0 Å². The third kappa shape index (κ3) is 3.63. The van der Waals surface area contributed by atoms with Gasteiger partial charge >= 0.3 is 6.03 Å². The number of nitrogens with one attached hydrogen (secondary N) is 1. The second-order valence-electron chi connectivity index (χ2n) is 8.77. The van der Waals surface area contributed by atoms with E-state index in [4.69, 9.17) is 0 Å². The van der Waals surface area contributed by atoms with Crippen LogP contribution in [-0.2, 0) is 9.59 Å². The molecule has 2 aliphatic heterocycles. The fourth-order valence-corrected chi connectivity index (χ4v) is 4.83. The van der Waals surface area contributed by atoms with Crippen molar-refractivity contribution in [1.29, 1.82) is 0 Å². The van der Waals surface area contributed by atoms with Gasteiger partial charge in [0.2, 0.25) is 0 Å². The van der Waals surface area contributed by atoms with Crippen LogP contribution in [0.25, 0.3) is 6.08 Å². The number of anilines is 2. The van der Waals surface area contributed by atoms with Gasteiger partial charge in [0.05, 0.1) is 5.69 Å². The Hall–Kier alpha value is -3.41. The third-order valence-electron chi connectivity index (χ3n) is 6.15. The molecule has 0 unspecified atom stereocenters. The SMILES string of the molecule is CCN1c2ccc(/C=C3\C(=O)NC(=O)N(c4ccccc4)C3=O)cc2[C@H](C)CC1(C)C. The first-order valence-corrected chi connectivity index (χ1v) is 10.6. The van der Waals surface area contributed by atoms with Gasteiger partial charge in [0.15, 0.2) is 0 Å². The smallest absolute Gasteiger partial charge is 0.335 e. The molecule has 1 atom stereocenters. The van der Waals surface area contributed by atoms with Gasteiger partial charge < -0.3 is 4.90 Å². The van der Waals surface area contributed by atoms with Crippen LogP contribution in [-0.4, -0.2) is 29.9 Å². The predicted molar refractivity (Wildman–Crippen MR) is 122 cm³/mol. The fraction of sp³-hybridized carbons (Fsp3) is 0.320. The normalized spacial score (nSPS) is 21.9. The molecule has 2 heterocycles. The first-order valence-electron chi connectivity index (χ1n) is 10.6. The maximum absolute atomic E-state index is 13.1. The van der Waals surface area contributed by atoms with Gasteiger partial charge in [0.1, 0.15) is 5.57 Å². The molecule has 2 aromatic rings. The molecule has 1 saturated heterocycles. The summed E-state index contributed by atoms with van der Waals surface area (Å²) in [5.41, 5.74) is 3.59. The number of benzene rings is 2. The van der Waals surface area contributed by atoms with Crippen molar-refractivity contribution in [3.05, 3.63) is 65.2 Å². The van der Waals surface area contributed by atoms with Crippen molar-refractivity contribution in [3.8, 4) is 0 Å². The van der Waals surface area contributed by atoms with Gasteiger partial charge in [-0.1, -0.05) is 31.2 Å². The minimum atomic E-state index is -0.738. The minimum absolute atomic E-state index is 0.0560. The number of para-hydroxylation sites is 1. The van der Waals surface area contributed by atoms with Crippen molar-refractivity contribution in [3.63, 3.8) is 0 Å². The maximum Gasteiger partial charge on any atom is 0.335 e. The number of rotatable bonds is 3. The molecule has 0 aromatic heterocycles. The molecule has 4 amide bonds. The predicted octanol–water partition coefficient (Wildman–Crippen LogP) is 4.47. The van der Waals surface area contributed by atoms with Crippen LogP contribution in [0.5, 0.6) is 0 Å². The molecule has 1 fully saturated rings. The Balaban J connectivity index is 1.73. The highest BCUT2D eigenvalue weighted by atomic mass is 16.2. The van der Waals surface area contributed by atoms with Crippen LogP contribution in [0.4, 0.5) is 16.2 Å². The van der Waals surface area contributed by atoms with Gasteiger partial charge in [-0.3, -0.25) is 14.9 Å². The molecule has 6 nitrogen and oxygen atoms in total. The number of urea groups is 1. The second kappa shape index (κ2) is 7.69. The number of fused-ring (bicyclic) bond motifs is 1. The Labute approximate surface area is 182 Å². The van der Waals surface area contributed by atoms with Crippen molar-refractivity contribution in [1.82, 2.24) is 5.32 Å². The average Bonchev–Trinajstić information content (AvgIpc) is 2.72. The van der Waals surface area contributed by atoms with Crippen LogP contribution >= 0.6 is 0 Å². The van der Waals surface area contributed by atoms with Crippen LogP contribution in [0.1, 0.15) is 51.2 Å². The molecule has 2 aliphatic rings. The molecule has 4 rings (SSSR count). The molecule has 0 spiro atoms. The molecule has 0 saturated carbocycles. The number of imide groups is 2. The number of hydrogen-bond acceptors (Lipinski definition) is 4. The molecular weight excluding hydrogens is 390 g/mol. The third-order valence-corrected chi connectivity index (χ3v) is 6.15. The summed E-state index contributed by atoms with van der Waals surface area (Å²) >= 11 is 0.